The van der Waals surface area contributed by atoms with E-state index in [9.17, 15) is 4.79 Å². The third-order valence-electron chi connectivity index (χ3n) is 4.37. The summed E-state index contributed by atoms with van der Waals surface area (Å²) in [4.78, 5) is 12.3. The van der Waals surface area contributed by atoms with Crippen molar-refractivity contribution < 1.29 is 9.90 Å². The average molecular weight is 285 g/mol. The Kier molecular flexibility index (Phi) is 5.03. The van der Waals surface area contributed by atoms with Gasteiger partial charge in [0.15, 0.2) is 0 Å². The van der Waals surface area contributed by atoms with Gasteiger partial charge < -0.3 is 10.4 Å². The van der Waals surface area contributed by atoms with Gasteiger partial charge in [-0.25, -0.2) is 0 Å². The molecule has 0 spiro atoms. The van der Waals surface area contributed by atoms with E-state index in [1.165, 1.54) is 12.8 Å². The molecule has 1 aromatic rings. The fraction of sp³-hybridized carbons (Fsp3) is 0.500. The lowest BCUT2D eigenvalue weighted by Gasteiger charge is -2.14. The van der Waals surface area contributed by atoms with Crippen molar-refractivity contribution in [3.05, 3.63) is 34.9 Å². The number of aliphatic hydroxyl groups excluding tert-OH is 1. The second-order valence-electron chi connectivity index (χ2n) is 5.79. The van der Waals surface area contributed by atoms with Crippen molar-refractivity contribution in [2.45, 2.75) is 39.5 Å². The highest BCUT2D eigenvalue weighted by atomic mass is 16.2. The Morgan fingerprint density at radius 1 is 1.43 bits per heavy atom. The summed E-state index contributed by atoms with van der Waals surface area (Å²) >= 11 is 0. The van der Waals surface area contributed by atoms with Crippen LogP contribution in [0, 0.1) is 24.2 Å². The largest absolute Gasteiger partial charge is 0.395 e. The number of carbonyl (C=O) groups is 1. The molecule has 1 aliphatic rings. The standard InChI is InChI=1S/C18H23NO2/c1-3-18(10-11-18)13-19-17(21)16-9-6-8-15(14(16)2)7-4-5-12-20/h6,8-9,20H,3,5,10-13H2,1-2H3,(H,19,21). The number of amides is 1. The van der Waals surface area contributed by atoms with Gasteiger partial charge in [0, 0.05) is 24.1 Å². The molecular weight excluding hydrogens is 262 g/mol. The summed E-state index contributed by atoms with van der Waals surface area (Å²) in [7, 11) is 0. The Morgan fingerprint density at radius 2 is 2.19 bits per heavy atom. The topological polar surface area (TPSA) is 49.3 Å². The van der Waals surface area contributed by atoms with E-state index in [2.05, 4.69) is 24.1 Å². The number of nitrogens with one attached hydrogen (secondary N) is 1. The minimum atomic E-state index is -0.0157. The van der Waals surface area contributed by atoms with Crippen LogP contribution in [0.15, 0.2) is 18.2 Å². The Balaban J connectivity index is 2.07. The highest BCUT2D eigenvalue weighted by Gasteiger charge is 2.40. The van der Waals surface area contributed by atoms with Crippen LogP contribution < -0.4 is 5.32 Å². The van der Waals surface area contributed by atoms with Gasteiger partial charge in [0.1, 0.15) is 0 Å². The molecule has 2 N–H and O–H groups in total. The first kappa shape index (κ1) is 15.6. The van der Waals surface area contributed by atoms with Crippen LogP contribution in [0.3, 0.4) is 0 Å². The summed E-state index contributed by atoms with van der Waals surface area (Å²) in [5.41, 5.74) is 2.80. The zero-order valence-electron chi connectivity index (χ0n) is 12.8. The van der Waals surface area contributed by atoms with Gasteiger partial charge in [0.2, 0.25) is 0 Å². The fourth-order valence-corrected chi connectivity index (χ4v) is 2.43. The van der Waals surface area contributed by atoms with E-state index in [-0.39, 0.29) is 12.5 Å². The van der Waals surface area contributed by atoms with E-state index >= 15 is 0 Å². The molecule has 3 heteroatoms. The van der Waals surface area contributed by atoms with Crippen molar-refractivity contribution in [1.29, 1.82) is 0 Å². The van der Waals surface area contributed by atoms with Crippen LogP contribution in [0.25, 0.3) is 0 Å². The zero-order valence-corrected chi connectivity index (χ0v) is 12.8. The van der Waals surface area contributed by atoms with E-state index in [1.54, 1.807) is 0 Å². The van der Waals surface area contributed by atoms with Crippen molar-refractivity contribution in [3.63, 3.8) is 0 Å². The molecule has 1 fully saturated rings. The van der Waals surface area contributed by atoms with Gasteiger partial charge in [-0.1, -0.05) is 24.8 Å². The minimum Gasteiger partial charge on any atom is -0.395 e. The molecule has 3 nitrogen and oxygen atoms in total. The summed E-state index contributed by atoms with van der Waals surface area (Å²) in [6.07, 6.45) is 4.01. The number of hydrogen-bond acceptors (Lipinski definition) is 2. The Hall–Kier alpha value is -1.79. The number of aliphatic hydroxyl groups is 1. The van der Waals surface area contributed by atoms with E-state index in [0.717, 1.165) is 24.1 Å². The summed E-state index contributed by atoms with van der Waals surface area (Å²) in [5.74, 6) is 5.90. The maximum atomic E-state index is 12.3. The summed E-state index contributed by atoms with van der Waals surface area (Å²) < 4.78 is 0. The molecule has 1 aliphatic carbocycles. The maximum absolute atomic E-state index is 12.3. The van der Waals surface area contributed by atoms with Crippen LogP contribution in [-0.4, -0.2) is 24.2 Å². The maximum Gasteiger partial charge on any atom is 0.251 e. The average Bonchev–Trinajstić information content (AvgIpc) is 3.27. The second kappa shape index (κ2) is 6.78. The second-order valence-corrected chi connectivity index (χ2v) is 5.79. The predicted octanol–water partition coefficient (Wildman–Crippen LogP) is 2.65. The molecular formula is C18H23NO2. The fourth-order valence-electron chi connectivity index (χ4n) is 2.43. The SMILES string of the molecule is CCC1(CNC(=O)c2cccc(C#CCCO)c2C)CC1. The van der Waals surface area contributed by atoms with Gasteiger partial charge in [-0.15, -0.1) is 0 Å². The van der Waals surface area contributed by atoms with E-state index in [4.69, 9.17) is 5.11 Å². The minimum absolute atomic E-state index is 0.0157. The first-order valence-corrected chi connectivity index (χ1v) is 7.59. The van der Waals surface area contributed by atoms with Gasteiger partial charge in [-0.05, 0) is 49.3 Å². The van der Waals surface area contributed by atoms with Gasteiger partial charge in [0.25, 0.3) is 5.91 Å². The highest BCUT2D eigenvalue weighted by Crippen LogP contribution is 2.47. The quantitative estimate of drug-likeness (QED) is 0.817. The smallest absolute Gasteiger partial charge is 0.251 e. The summed E-state index contributed by atoms with van der Waals surface area (Å²) in [5, 5.41) is 11.8. The number of rotatable bonds is 5. The molecule has 1 amide bonds. The van der Waals surface area contributed by atoms with Gasteiger partial charge in [-0.2, -0.15) is 0 Å². The Morgan fingerprint density at radius 3 is 2.81 bits per heavy atom. The summed E-state index contributed by atoms with van der Waals surface area (Å²) in [6.45, 7) is 4.93. The highest BCUT2D eigenvalue weighted by molar-refractivity contribution is 5.96. The molecule has 0 radical (unpaired) electrons. The molecule has 1 aromatic carbocycles. The zero-order chi connectivity index (χ0) is 15.3. The van der Waals surface area contributed by atoms with Crippen LogP contribution in [0.5, 0.6) is 0 Å². The van der Waals surface area contributed by atoms with Crippen LogP contribution in [0.2, 0.25) is 0 Å². The lowest BCUT2D eigenvalue weighted by Crippen LogP contribution is -2.30. The molecule has 0 unspecified atom stereocenters. The van der Waals surface area contributed by atoms with Crippen molar-refractivity contribution in [2.24, 2.45) is 5.41 Å². The van der Waals surface area contributed by atoms with Crippen LogP contribution in [0.1, 0.15) is 54.1 Å². The van der Waals surface area contributed by atoms with Gasteiger partial charge in [0.05, 0.1) is 6.61 Å². The molecule has 0 heterocycles. The number of hydrogen-bond donors (Lipinski definition) is 2. The lowest BCUT2D eigenvalue weighted by molar-refractivity contribution is 0.0943. The van der Waals surface area contributed by atoms with Gasteiger partial charge >= 0.3 is 0 Å². The Labute approximate surface area is 126 Å². The molecule has 1 saturated carbocycles. The van der Waals surface area contributed by atoms with E-state index < -0.39 is 0 Å². The van der Waals surface area contributed by atoms with Crippen molar-refractivity contribution in [2.75, 3.05) is 13.2 Å². The monoisotopic (exact) mass is 285 g/mol. The number of carbonyl (C=O) groups excluding carboxylic acids is 1. The van der Waals surface area contributed by atoms with E-state index in [0.29, 0.717) is 17.4 Å². The normalized spacial score (nSPS) is 15.0. The lowest BCUT2D eigenvalue weighted by atomic mass is 10.0. The third kappa shape index (κ3) is 3.86. The Bertz CT molecular complexity index is 577. The molecule has 21 heavy (non-hydrogen) atoms. The van der Waals surface area contributed by atoms with Crippen LogP contribution >= 0.6 is 0 Å². The molecule has 2 rings (SSSR count). The third-order valence-corrected chi connectivity index (χ3v) is 4.37. The molecule has 0 saturated heterocycles. The molecule has 0 atom stereocenters. The van der Waals surface area contributed by atoms with Crippen LogP contribution in [-0.2, 0) is 0 Å². The molecule has 0 aliphatic heterocycles. The first-order chi connectivity index (χ1) is 10.1. The number of benzene rings is 1. The van der Waals surface area contributed by atoms with Gasteiger partial charge in [-0.3, -0.25) is 4.79 Å². The van der Waals surface area contributed by atoms with Crippen molar-refractivity contribution in [1.82, 2.24) is 5.32 Å². The summed E-state index contributed by atoms with van der Waals surface area (Å²) in [6, 6.07) is 5.61. The van der Waals surface area contributed by atoms with Crippen molar-refractivity contribution >= 4 is 5.91 Å². The predicted molar refractivity (Wildman–Crippen MR) is 84.1 cm³/mol. The first-order valence-electron chi connectivity index (χ1n) is 7.59. The van der Waals surface area contributed by atoms with Crippen LogP contribution in [0.4, 0.5) is 0 Å². The molecule has 0 aromatic heterocycles. The van der Waals surface area contributed by atoms with Crippen molar-refractivity contribution in [3.8, 4) is 11.8 Å². The molecule has 0 bridgehead atoms. The van der Waals surface area contributed by atoms with E-state index in [1.807, 2.05) is 25.1 Å². The molecule has 112 valence electrons.